The van der Waals surface area contributed by atoms with Crippen LogP contribution in [-0.2, 0) is 14.2 Å². The molecule has 4 rings (SSSR count). The van der Waals surface area contributed by atoms with Crippen LogP contribution in [0.15, 0.2) is 36.7 Å². The Labute approximate surface area is 220 Å². The zero-order chi connectivity index (χ0) is 26.0. The van der Waals surface area contributed by atoms with Gasteiger partial charge in [-0.2, -0.15) is 0 Å². The smallest absolute Gasteiger partial charge is 0.162 e. The number of benzene rings is 2. The molecule has 0 aliphatic carbocycles. The highest BCUT2D eigenvalue weighted by molar-refractivity contribution is 6.31. The van der Waals surface area contributed by atoms with Crippen molar-refractivity contribution in [2.24, 2.45) is 0 Å². The maximum atomic E-state index is 13.6. The maximum absolute atomic E-state index is 13.6. The number of hydrogen-bond donors (Lipinski definition) is 1. The van der Waals surface area contributed by atoms with Gasteiger partial charge >= 0.3 is 0 Å². The molecule has 0 bridgehead atoms. The molecule has 0 radical (unpaired) electrons. The summed E-state index contributed by atoms with van der Waals surface area (Å²) in [6, 6.07) is 8.07. The summed E-state index contributed by atoms with van der Waals surface area (Å²) in [5.41, 5.74) is 1.29. The van der Waals surface area contributed by atoms with Crippen molar-refractivity contribution >= 4 is 34.0 Å². The van der Waals surface area contributed by atoms with Crippen molar-refractivity contribution in [2.75, 3.05) is 72.2 Å². The molecule has 9 nitrogen and oxygen atoms in total. The minimum atomic E-state index is -0.483. The predicted molar refractivity (Wildman–Crippen MR) is 140 cm³/mol. The molecule has 37 heavy (non-hydrogen) atoms. The Morgan fingerprint density at radius 2 is 2.03 bits per heavy atom. The van der Waals surface area contributed by atoms with Gasteiger partial charge in [-0.25, -0.2) is 14.4 Å². The molecule has 0 unspecified atom stereocenters. The largest absolute Gasteiger partial charge is 0.493 e. The van der Waals surface area contributed by atoms with Gasteiger partial charge in [0.15, 0.2) is 11.5 Å². The second-order valence-electron chi connectivity index (χ2n) is 8.56. The van der Waals surface area contributed by atoms with Crippen molar-refractivity contribution in [3.8, 4) is 11.5 Å². The summed E-state index contributed by atoms with van der Waals surface area (Å²) >= 11 is 5.93. The highest BCUT2D eigenvalue weighted by Gasteiger charge is 2.20. The zero-order valence-electron chi connectivity index (χ0n) is 21.0. The predicted octanol–water partition coefficient (Wildman–Crippen LogP) is 4.31. The molecule has 2 aromatic carbocycles. The van der Waals surface area contributed by atoms with Crippen LogP contribution in [0.3, 0.4) is 0 Å². The minimum absolute atomic E-state index is 0.0271. The van der Waals surface area contributed by atoms with E-state index in [1.807, 2.05) is 12.1 Å². The van der Waals surface area contributed by atoms with E-state index in [0.29, 0.717) is 61.6 Å². The number of morpholine rings is 1. The second-order valence-corrected chi connectivity index (χ2v) is 8.97. The Kier molecular flexibility index (Phi) is 10.1. The highest BCUT2D eigenvalue weighted by atomic mass is 35.5. The number of anilines is 2. The summed E-state index contributed by atoms with van der Waals surface area (Å²) in [7, 11) is 3.25. The van der Waals surface area contributed by atoms with Gasteiger partial charge in [0.2, 0.25) is 0 Å². The van der Waals surface area contributed by atoms with Gasteiger partial charge in [-0.1, -0.05) is 11.6 Å². The molecule has 0 saturated carbocycles. The van der Waals surface area contributed by atoms with Crippen molar-refractivity contribution < 1.29 is 28.1 Å². The lowest BCUT2D eigenvalue weighted by molar-refractivity contribution is -0.0741. The molecule has 1 fully saturated rings. The summed E-state index contributed by atoms with van der Waals surface area (Å²) in [5, 5.41) is 3.95. The number of methoxy groups -OCH3 is 2. The first-order chi connectivity index (χ1) is 18.1. The van der Waals surface area contributed by atoms with Gasteiger partial charge in [0, 0.05) is 43.9 Å². The van der Waals surface area contributed by atoms with Gasteiger partial charge in [0.05, 0.1) is 56.8 Å². The topological polar surface area (TPSA) is 87.2 Å². The summed E-state index contributed by atoms with van der Waals surface area (Å²) in [4.78, 5) is 11.1. The number of aromatic nitrogens is 2. The van der Waals surface area contributed by atoms with Crippen LogP contribution >= 0.6 is 11.6 Å². The number of ether oxygens (including phenoxy) is 5. The van der Waals surface area contributed by atoms with E-state index in [2.05, 4.69) is 20.2 Å². The SMILES string of the molecule is COCCOC[C@@H]1CN(CCCOc2cc3c(Nc4ccc(F)c(Cl)c4)ncnc3cc2OC)CCO1. The molecular formula is C26H32ClFN4O5. The molecule has 1 N–H and O–H groups in total. The number of nitrogens with zero attached hydrogens (tertiary/aromatic N) is 3. The summed E-state index contributed by atoms with van der Waals surface area (Å²) in [6.07, 6.45) is 2.35. The molecule has 1 atom stereocenters. The van der Waals surface area contributed by atoms with Crippen molar-refractivity contribution in [2.45, 2.75) is 12.5 Å². The van der Waals surface area contributed by atoms with Crippen molar-refractivity contribution in [1.82, 2.24) is 14.9 Å². The number of nitrogens with one attached hydrogen (secondary N) is 1. The van der Waals surface area contributed by atoms with Gasteiger partial charge in [0.1, 0.15) is 18.0 Å². The molecule has 0 spiro atoms. The van der Waals surface area contributed by atoms with E-state index in [1.54, 1.807) is 20.3 Å². The van der Waals surface area contributed by atoms with Crippen LogP contribution < -0.4 is 14.8 Å². The highest BCUT2D eigenvalue weighted by Crippen LogP contribution is 2.35. The van der Waals surface area contributed by atoms with Crippen LogP contribution in [0.25, 0.3) is 10.9 Å². The van der Waals surface area contributed by atoms with E-state index in [1.165, 1.54) is 18.5 Å². The van der Waals surface area contributed by atoms with E-state index in [-0.39, 0.29) is 11.1 Å². The van der Waals surface area contributed by atoms with Crippen molar-refractivity contribution in [3.63, 3.8) is 0 Å². The lowest BCUT2D eigenvalue weighted by Gasteiger charge is -2.32. The lowest BCUT2D eigenvalue weighted by Crippen LogP contribution is -2.45. The monoisotopic (exact) mass is 534 g/mol. The quantitative estimate of drug-likeness (QED) is 0.322. The molecule has 1 saturated heterocycles. The summed E-state index contributed by atoms with van der Waals surface area (Å²) in [6.45, 7) is 5.50. The summed E-state index contributed by atoms with van der Waals surface area (Å²) < 4.78 is 41.6. The van der Waals surface area contributed by atoms with Crippen LogP contribution in [0, 0.1) is 5.82 Å². The first-order valence-electron chi connectivity index (χ1n) is 12.2. The lowest BCUT2D eigenvalue weighted by atomic mass is 10.2. The first kappa shape index (κ1) is 27.3. The Morgan fingerprint density at radius 3 is 2.84 bits per heavy atom. The molecule has 11 heteroatoms. The first-order valence-corrected chi connectivity index (χ1v) is 12.5. The average molecular weight is 535 g/mol. The van der Waals surface area contributed by atoms with Gasteiger partial charge in [-0.05, 0) is 30.7 Å². The van der Waals surface area contributed by atoms with E-state index in [0.717, 1.165) is 31.4 Å². The molecule has 2 heterocycles. The number of rotatable bonds is 13. The minimum Gasteiger partial charge on any atom is -0.493 e. The maximum Gasteiger partial charge on any atom is 0.162 e. The Morgan fingerprint density at radius 1 is 1.14 bits per heavy atom. The third-order valence-electron chi connectivity index (χ3n) is 5.94. The Bertz CT molecular complexity index is 1170. The van der Waals surface area contributed by atoms with Crippen molar-refractivity contribution in [3.05, 3.63) is 47.5 Å². The average Bonchev–Trinajstić information content (AvgIpc) is 2.91. The van der Waals surface area contributed by atoms with Crippen LogP contribution in [-0.4, -0.2) is 87.9 Å². The zero-order valence-corrected chi connectivity index (χ0v) is 21.8. The van der Waals surface area contributed by atoms with E-state index in [9.17, 15) is 4.39 Å². The normalized spacial score (nSPS) is 16.2. The van der Waals surface area contributed by atoms with Gasteiger partial charge in [-0.3, -0.25) is 4.90 Å². The molecule has 3 aromatic rings. The van der Waals surface area contributed by atoms with Crippen LogP contribution in [0.2, 0.25) is 5.02 Å². The molecule has 200 valence electrons. The Balaban J connectivity index is 1.36. The van der Waals surface area contributed by atoms with Crippen molar-refractivity contribution in [1.29, 1.82) is 0 Å². The summed E-state index contributed by atoms with van der Waals surface area (Å²) in [5.74, 6) is 1.24. The second kappa shape index (κ2) is 13.7. The van der Waals surface area contributed by atoms with Gasteiger partial charge in [-0.15, -0.1) is 0 Å². The van der Waals surface area contributed by atoms with E-state index in [4.69, 9.17) is 35.3 Å². The molecule has 1 aliphatic heterocycles. The van der Waals surface area contributed by atoms with E-state index >= 15 is 0 Å². The van der Waals surface area contributed by atoms with Crippen LogP contribution in [0.4, 0.5) is 15.9 Å². The van der Waals surface area contributed by atoms with Gasteiger partial charge in [0.25, 0.3) is 0 Å². The number of halogens is 2. The molecular weight excluding hydrogens is 503 g/mol. The molecule has 0 amide bonds. The molecule has 1 aliphatic rings. The fourth-order valence-electron chi connectivity index (χ4n) is 4.06. The third kappa shape index (κ3) is 7.62. The fourth-order valence-corrected chi connectivity index (χ4v) is 4.24. The number of hydrogen-bond acceptors (Lipinski definition) is 9. The molecule has 1 aromatic heterocycles. The standard InChI is InChI=1S/C26H32ClFN4O5/c1-33-10-11-35-16-19-15-32(7-9-36-19)6-3-8-37-25-13-20-23(14-24(25)34-2)29-17-30-26(20)31-18-4-5-22(28)21(27)12-18/h4-5,12-14,17,19H,3,6-11,15-16H2,1-2H3,(H,29,30,31)/t19-/m0/s1. The third-order valence-corrected chi connectivity index (χ3v) is 6.23. The van der Waals surface area contributed by atoms with Gasteiger partial charge < -0.3 is 29.0 Å². The van der Waals surface area contributed by atoms with Crippen LogP contribution in [0.5, 0.6) is 11.5 Å². The van der Waals surface area contributed by atoms with Crippen LogP contribution in [0.1, 0.15) is 6.42 Å². The Hall–Kier alpha value is -2.76. The fraction of sp³-hybridized carbons (Fsp3) is 0.462. The van der Waals surface area contributed by atoms with E-state index < -0.39 is 5.82 Å². The number of fused-ring (bicyclic) bond motifs is 1.